The van der Waals surface area contributed by atoms with Crippen LogP contribution in [0.1, 0.15) is 12.5 Å². The number of hydrogen-bond donors (Lipinski definition) is 3. The number of halogens is 1. The number of aliphatic hydroxyl groups excluding tert-OH is 1. The first-order valence-electron chi connectivity index (χ1n) is 12.4. The lowest BCUT2D eigenvalue weighted by molar-refractivity contribution is -0.00230. The van der Waals surface area contributed by atoms with Crippen molar-refractivity contribution in [3.05, 3.63) is 54.2 Å². The van der Waals surface area contributed by atoms with Gasteiger partial charge in [0.15, 0.2) is 17.1 Å². The average molecular weight is 522 g/mol. The molecule has 0 aliphatic carbocycles. The van der Waals surface area contributed by atoms with E-state index in [9.17, 15) is 14.6 Å². The number of piperazine rings is 1. The first kappa shape index (κ1) is 24.3. The van der Waals surface area contributed by atoms with Gasteiger partial charge in [0, 0.05) is 32.7 Å². The second-order valence-electron chi connectivity index (χ2n) is 9.65. The van der Waals surface area contributed by atoms with Crippen LogP contribution in [0.15, 0.2) is 47.2 Å². The maximum atomic E-state index is 14.6. The van der Waals surface area contributed by atoms with Gasteiger partial charge in [-0.1, -0.05) is 6.07 Å². The van der Waals surface area contributed by atoms with Crippen LogP contribution in [0.2, 0.25) is 0 Å². The topological polar surface area (TPSA) is 147 Å². The van der Waals surface area contributed by atoms with E-state index in [-0.39, 0.29) is 11.8 Å². The molecule has 6 rings (SSSR count). The zero-order valence-corrected chi connectivity index (χ0v) is 20.8. The van der Waals surface area contributed by atoms with Crippen molar-refractivity contribution >= 4 is 28.3 Å². The standard InChI is InChI=1S/C25H28FN9O3/c1-25(37,15-36)16-4-5-18(26)19(13-16)33-9-6-32(7-10-33)8-11-34-22-17(14-28-34)23-29-21(20-3-2-12-38-20)31-35(23)24(27)30-22/h2-5,12-14,36-37H,6-11,15H2,1H3,(H2,27,30). The molecule has 0 radical (unpaired) electrons. The van der Waals surface area contributed by atoms with Crippen molar-refractivity contribution in [1.29, 1.82) is 0 Å². The van der Waals surface area contributed by atoms with E-state index >= 15 is 0 Å². The molecular formula is C25H28FN9O3. The molecule has 12 nitrogen and oxygen atoms in total. The Morgan fingerprint density at radius 1 is 1.11 bits per heavy atom. The Labute approximate surface area is 216 Å². The summed E-state index contributed by atoms with van der Waals surface area (Å²) in [5.41, 5.74) is 6.86. The van der Waals surface area contributed by atoms with E-state index < -0.39 is 12.2 Å². The van der Waals surface area contributed by atoms with Crippen LogP contribution >= 0.6 is 0 Å². The quantitative estimate of drug-likeness (QED) is 0.288. The highest BCUT2D eigenvalue weighted by atomic mass is 19.1. The minimum atomic E-state index is -1.42. The number of nitrogens with two attached hydrogens (primary N) is 1. The summed E-state index contributed by atoms with van der Waals surface area (Å²) in [7, 11) is 0. The van der Waals surface area contributed by atoms with Crippen LogP contribution in [0.25, 0.3) is 28.3 Å². The van der Waals surface area contributed by atoms with E-state index in [1.54, 1.807) is 35.3 Å². The number of aliphatic hydroxyl groups is 2. The molecule has 1 fully saturated rings. The molecular weight excluding hydrogens is 493 g/mol. The molecule has 0 amide bonds. The second kappa shape index (κ2) is 9.35. The molecule has 1 unspecified atom stereocenters. The van der Waals surface area contributed by atoms with Gasteiger partial charge in [0.25, 0.3) is 0 Å². The largest absolute Gasteiger partial charge is 0.461 e. The number of nitrogens with zero attached hydrogens (tertiary/aromatic N) is 8. The number of rotatable bonds is 7. The van der Waals surface area contributed by atoms with Crippen molar-refractivity contribution in [2.24, 2.45) is 0 Å². The smallest absolute Gasteiger partial charge is 0.225 e. The maximum absolute atomic E-state index is 14.6. The Morgan fingerprint density at radius 2 is 1.92 bits per heavy atom. The predicted molar refractivity (Wildman–Crippen MR) is 138 cm³/mol. The molecule has 5 aromatic rings. The molecule has 4 aromatic heterocycles. The summed E-state index contributed by atoms with van der Waals surface area (Å²) in [4.78, 5) is 13.4. The second-order valence-corrected chi connectivity index (χ2v) is 9.65. The van der Waals surface area contributed by atoms with Gasteiger partial charge in [-0.2, -0.15) is 14.6 Å². The summed E-state index contributed by atoms with van der Waals surface area (Å²) in [6.07, 6.45) is 3.28. The van der Waals surface area contributed by atoms with Crippen LogP contribution in [0, 0.1) is 5.82 Å². The van der Waals surface area contributed by atoms with E-state index in [0.717, 1.165) is 25.0 Å². The molecule has 1 aromatic carbocycles. The molecule has 13 heteroatoms. The minimum absolute atomic E-state index is 0.206. The van der Waals surface area contributed by atoms with E-state index in [0.29, 0.717) is 53.8 Å². The van der Waals surface area contributed by atoms with Gasteiger partial charge in [-0.05, 0) is 36.8 Å². The van der Waals surface area contributed by atoms with Crippen molar-refractivity contribution in [1.82, 2.24) is 34.3 Å². The lowest BCUT2D eigenvalue weighted by Gasteiger charge is -2.36. The number of furan rings is 1. The minimum Gasteiger partial charge on any atom is -0.461 e. The third kappa shape index (κ3) is 4.23. The Hall–Kier alpha value is -4.07. The number of nitrogen functional groups attached to an aromatic ring is 1. The van der Waals surface area contributed by atoms with Gasteiger partial charge in [-0.15, -0.1) is 5.10 Å². The van der Waals surface area contributed by atoms with Crippen molar-refractivity contribution in [3.63, 3.8) is 0 Å². The van der Waals surface area contributed by atoms with Gasteiger partial charge in [-0.25, -0.2) is 14.1 Å². The predicted octanol–water partition coefficient (Wildman–Crippen LogP) is 1.48. The van der Waals surface area contributed by atoms with Gasteiger partial charge >= 0.3 is 0 Å². The normalized spacial score (nSPS) is 16.5. The van der Waals surface area contributed by atoms with Crippen LogP contribution < -0.4 is 10.6 Å². The third-order valence-electron chi connectivity index (χ3n) is 7.06. The summed E-state index contributed by atoms with van der Waals surface area (Å²) in [5, 5.41) is 29.5. The molecule has 5 heterocycles. The molecule has 0 spiro atoms. The monoisotopic (exact) mass is 521 g/mol. The molecule has 0 bridgehead atoms. The summed E-state index contributed by atoms with van der Waals surface area (Å²) < 4.78 is 23.3. The number of hydrogen-bond acceptors (Lipinski definition) is 10. The van der Waals surface area contributed by atoms with E-state index in [1.165, 1.54) is 23.6 Å². The van der Waals surface area contributed by atoms with Gasteiger partial charge in [0.1, 0.15) is 11.4 Å². The van der Waals surface area contributed by atoms with Crippen molar-refractivity contribution in [3.8, 4) is 11.6 Å². The maximum Gasteiger partial charge on any atom is 0.225 e. The zero-order chi connectivity index (χ0) is 26.4. The van der Waals surface area contributed by atoms with Crippen LogP contribution in [-0.4, -0.2) is 83.8 Å². The van der Waals surface area contributed by atoms with E-state index in [4.69, 9.17) is 10.2 Å². The van der Waals surface area contributed by atoms with Crippen molar-refractivity contribution in [2.45, 2.75) is 19.1 Å². The molecule has 1 aliphatic rings. The van der Waals surface area contributed by atoms with Gasteiger partial charge in [0.05, 0.1) is 36.7 Å². The third-order valence-corrected chi connectivity index (χ3v) is 7.06. The average Bonchev–Trinajstić information content (AvgIpc) is 3.68. The first-order chi connectivity index (χ1) is 18.3. The number of anilines is 2. The SMILES string of the molecule is CC(O)(CO)c1ccc(F)c(N2CCN(CCn3ncc4c3nc(N)n3nc(-c5ccco5)nc43)CC2)c1. The van der Waals surface area contributed by atoms with Crippen LogP contribution in [0.3, 0.4) is 0 Å². The van der Waals surface area contributed by atoms with Gasteiger partial charge in [-0.3, -0.25) is 4.90 Å². The Bertz CT molecular complexity index is 1590. The highest BCUT2D eigenvalue weighted by Gasteiger charge is 2.26. The Balaban J connectivity index is 1.14. The van der Waals surface area contributed by atoms with E-state index in [2.05, 4.69) is 25.1 Å². The highest BCUT2D eigenvalue weighted by Crippen LogP contribution is 2.28. The fourth-order valence-electron chi connectivity index (χ4n) is 4.76. The zero-order valence-electron chi connectivity index (χ0n) is 20.8. The fraction of sp³-hybridized carbons (Fsp3) is 0.360. The highest BCUT2D eigenvalue weighted by molar-refractivity contribution is 5.90. The summed E-state index contributed by atoms with van der Waals surface area (Å²) >= 11 is 0. The molecule has 1 saturated heterocycles. The summed E-state index contributed by atoms with van der Waals surface area (Å²) in [6, 6.07) is 8.02. The molecule has 1 aliphatic heterocycles. The summed E-state index contributed by atoms with van der Waals surface area (Å²) in [6.45, 7) is 5.10. The Morgan fingerprint density at radius 3 is 2.66 bits per heavy atom. The van der Waals surface area contributed by atoms with Crippen LogP contribution in [0.4, 0.5) is 16.0 Å². The van der Waals surface area contributed by atoms with Crippen molar-refractivity contribution in [2.75, 3.05) is 50.0 Å². The number of benzene rings is 1. The molecule has 38 heavy (non-hydrogen) atoms. The van der Waals surface area contributed by atoms with Gasteiger partial charge in [0.2, 0.25) is 11.8 Å². The number of aromatic nitrogens is 6. The van der Waals surface area contributed by atoms with Crippen molar-refractivity contribution < 1.29 is 19.0 Å². The lowest BCUT2D eigenvalue weighted by Crippen LogP contribution is -2.47. The molecule has 1 atom stereocenters. The van der Waals surface area contributed by atoms with Crippen LogP contribution in [-0.2, 0) is 12.1 Å². The van der Waals surface area contributed by atoms with E-state index in [1.807, 2.05) is 4.90 Å². The molecule has 0 saturated carbocycles. The Kier molecular flexibility index (Phi) is 5.97. The molecule has 198 valence electrons. The lowest BCUT2D eigenvalue weighted by atomic mass is 9.96. The van der Waals surface area contributed by atoms with Crippen LogP contribution in [0.5, 0.6) is 0 Å². The first-order valence-corrected chi connectivity index (χ1v) is 12.4. The number of fused-ring (bicyclic) bond motifs is 3. The summed E-state index contributed by atoms with van der Waals surface area (Å²) in [5.74, 6) is 0.817. The molecule has 4 N–H and O–H groups in total. The van der Waals surface area contributed by atoms with Gasteiger partial charge < -0.3 is 25.3 Å². The fourth-order valence-corrected chi connectivity index (χ4v) is 4.76.